The Balaban J connectivity index is 2.36. The molecule has 0 aromatic rings. The number of alkyl halides is 1. The molecule has 0 aromatic carbocycles. The number of amides is 1. The summed E-state index contributed by atoms with van der Waals surface area (Å²) in [5.74, 6) is 0.105. The van der Waals surface area contributed by atoms with Gasteiger partial charge in [-0.05, 0) is 0 Å². The minimum absolute atomic E-state index is 0.105. The molecule has 58 valence electrons. The van der Waals surface area contributed by atoms with E-state index in [2.05, 4.69) is 10.1 Å². The Morgan fingerprint density at radius 1 is 2.00 bits per heavy atom. The van der Waals surface area contributed by atoms with Crippen LogP contribution in [0.2, 0.25) is 0 Å². The van der Waals surface area contributed by atoms with Crippen molar-refractivity contribution in [2.75, 3.05) is 12.5 Å². The van der Waals surface area contributed by atoms with E-state index >= 15 is 0 Å². The fourth-order valence-corrected chi connectivity index (χ4v) is 0.930. The summed E-state index contributed by atoms with van der Waals surface area (Å²) < 4.78 is 4.52. The molecule has 1 saturated heterocycles. The Morgan fingerprint density at radius 2 is 2.70 bits per heavy atom. The summed E-state index contributed by atoms with van der Waals surface area (Å²) in [5.41, 5.74) is 0. The summed E-state index contributed by atoms with van der Waals surface area (Å²) in [4.78, 5) is 10.4. The second-order valence-electron chi connectivity index (χ2n) is 2.07. The van der Waals surface area contributed by atoms with Crippen molar-refractivity contribution in [1.29, 1.82) is 0 Å². The molecule has 1 heterocycles. The van der Waals surface area contributed by atoms with E-state index in [4.69, 9.17) is 16.7 Å². The zero-order valence-electron chi connectivity index (χ0n) is 5.21. The summed E-state index contributed by atoms with van der Waals surface area (Å²) in [7, 11) is 0. The van der Waals surface area contributed by atoms with Crippen LogP contribution in [0.3, 0.4) is 0 Å². The fourth-order valence-electron chi connectivity index (χ4n) is 0.715. The van der Waals surface area contributed by atoms with Crippen molar-refractivity contribution in [3.05, 3.63) is 0 Å². The van der Waals surface area contributed by atoms with E-state index < -0.39 is 12.2 Å². The predicted molar refractivity (Wildman–Crippen MR) is 35.0 cm³/mol. The van der Waals surface area contributed by atoms with Crippen LogP contribution in [0.25, 0.3) is 0 Å². The van der Waals surface area contributed by atoms with Gasteiger partial charge in [0.25, 0.3) is 0 Å². The molecule has 1 aliphatic rings. The molecular formula is C5H8ClNO3. The van der Waals surface area contributed by atoms with Gasteiger partial charge in [0.2, 0.25) is 0 Å². The molecule has 0 spiro atoms. The summed E-state index contributed by atoms with van der Waals surface area (Å²) in [5, 5.41) is 11.5. The average molecular weight is 166 g/mol. The minimum Gasteiger partial charge on any atom is -0.447 e. The van der Waals surface area contributed by atoms with Gasteiger partial charge in [0.1, 0.15) is 6.61 Å². The molecule has 2 atom stereocenters. The van der Waals surface area contributed by atoms with Crippen LogP contribution in [-0.2, 0) is 4.74 Å². The Hall–Kier alpha value is -0.480. The van der Waals surface area contributed by atoms with Crippen LogP contribution in [0, 0.1) is 0 Å². The van der Waals surface area contributed by atoms with E-state index in [0.717, 1.165) is 0 Å². The maximum absolute atomic E-state index is 10.4. The smallest absolute Gasteiger partial charge is 0.407 e. The van der Waals surface area contributed by atoms with Crippen molar-refractivity contribution in [3.8, 4) is 0 Å². The number of ether oxygens (including phenoxy) is 1. The molecule has 1 aliphatic heterocycles. The lowest BCUT2D eigenvalue weighted by atomic mass is 10.2. The highest BCUT2D eigenvalue weighted by atomic mass is 35.5. The molecule has 1 rings (SSSR count). The highest BCUT2D eigenvalue weighted by molar-refractivity contribution is 6.18. The van der Waals surface area contributed by atoms with Gasteiger partial charge in [-0.2, -0.15) is 0 Å². The Bertz CT molecular complexity index is 141. The van der Waals surface area contributed by atoms with Gasteiger partial charge in [0, 0.05) is 0 Å². The number of aliphatic hydroxyl groups excluding tert-OH is 1. The van der Waals surface area contributed by atoms with Gasteiger partial charge in [-0.3, -0.25) is 0 Å². The summed E-state index contributed by atoms with van der Waals surface area (Å²) >= 11 is 5.32. The lowest BCUT2D eigenvalue weighted by molar-refractivity contribution is 0.142. The van der Waals surface area contributed by atoms with Crippen LogP contribution in [0.15, 0.2) is 0 Å². The molecule has 1 amide bonds. The van der Waals surface area contributed by atoms with E-state index in [1.54, 1.807) is 0 Å². The Kier molecular flexibility index (Phi) is 2.34. The van der Waals surface area contributed by atoms with Crippen molar-refractivity contribution in [2.45, 2.75) is 12.1 Å². The maximum Gasteiger partial charge on any atom is 0.407 e. The molecule has 4 nitrogen and oxygen atoms in total. The molecule has 10 heavy (non-hydrogen) atoms. The average Bonchev–Trinajstić information content (AvgIpc) is 2.34. The number of carbonyl (C=O) groups excluding carboxylic acids is 1. The molecular weight excluding hydrogens is 158 g/mol. The van der Waals surface area contributed by atoms with Crippen LogP contribution in [0.4, 0.5) is 4.79 Å². The summed E-state index contributed by atoms with van der Waals surface area (Å²) in [6.45, 7) is 0.201. The van der Waals surface area contributed by atoms with Crippen molar-refractivity contribution in [3.63, 3.8) is 0 Å². The number of nitrogens with one attached hydrogen (secondary N) is 1. The molecule has 1 fully saturated rings. The second-order valence-corrected chi connectivity index (χ2v) is 2.38. The van der Waals surface area contributed by atoms with Crippen molar-refractivity contribution >= 4 is 17.7 Å². The van der Waals surface area contributed by atoms with Gasteiger partial charge in [-0.1, -0.05) is 0 Å². The summed E-state index contributed by atoms with van der Waals surface area (Å²) in [6.07, 6.45) is -1.21. The quantitative estimate of drug-likeness (QED) is 0.552. The van der Waals surface area contributed by atoms with Crippen LogP contribution in [0.5, 0.6) is 0 Å². The van der Waals surface area contributed by atoms with E-state index in [9.17, 15) is 4.79 Å². The zero-order valence-corrected chi connectivity index (χ0v) is 5.97. The standard InChI is InChI=1S/C5H8ClNO3/c6-1-4(8)3-2-10-5(9)7-3/h3-4,8H,1-2H2,(H,7,9)/t3-,4?/m0/s1. The Labute approximate surface area is 63.1 Å². The number of rotatable bonds is 2. The first-order valence-corrected chi connectivity index (χ1v) is 3.45. The normalized spacial score (nSPS) is 27.4. The summed E-state index contributed by atoms with van der Waals surface area (Å²) in [6, 6.07) is -0.343. The first-order chi connectivity index (χ1) is 4.74. The van der Waals surface area contributed by atoms with E-state index in [0.29, 0.717) is 0 Å². The van der Waals surface area contributed by atoms with Gasteiger partial charge >= 0.3 is 6.09 Å². The van der Waals surface area contributed by atoms with E-state index in [-0.39, 0.29) is 18.5 Å². The Morgan fingerprint density at radius 3 is 3.10 bits per heavy atom. The molecule has 0 saturated carbocycles. The molecule has 2 N–H and O–H groups in total. The number of hydrogen-bond donors (Lipinski definition) is 2. The lowest BCUT2D eigenvalue weighted by Gasteiger charge is -2.11. The molecule has 0 aromatic heterocycles. The second kappa shape index (κ2) is 3.07. The van der Waals surface area contributed by atoms with Gasteiger partial charge in [0.05, 0.1) is 18.0 Å². The minimum atomic E-state index is -0.715. The number of carbonyl (C=O) groups is 1. The number of halogens is 1. The van der Waals surface area contributed by atoms with Crippen LogP contribution < -0.4 is 5.32 Å². The monoisotopic (exact) mass is 165 g/mol. The van der Waals surface area contributed by atoms with Crippen molar-refractivity contribution in [2.24, 2.45) is 0 Å². The van der Waals surface area contributed by atoms with Crippen LogP contribution >= 0.6 is 11.6 Å². The van der Waals surface area contributed by atoms with Gasteiger partial charge in [-0.15, -0.1) is 11.6 Å². The van der Waals surface area contributed by atoms with Gasteiger partial charge in [0.15, 0.2) is 0 Å². The third-order valence-electron chi connectivity index (χ3n) is 1.32. The fraction of sp³-hybridized carbons (Fsp3) is 0.800. The molecule has 0 radical (unpaired) electrons. The highest BCUT2D eigenvalue weighted by Crippen LogP contribution is 2.03. The number of cyclic esters (lactones) is 1. The van der Waals surface area contributed by atoms with Gasteiger partial charge < -0.3 is 15.2 Å². The molecule has 5 heteroatoms. The number of aliphatic hydroxyl groups is 1. The first-order valence-electron chi connectivity index (χ1n) is 2.91. The van der Waals surface area contributed by atoms with Crippen LogP contribution in [-0.4, -0.2) is 35.8 Å². The molecule has 0 bridgehead atoms. The van der Waals surface area contributed by atoms with Crippen molar-refractivity contribution < 1.29 is 14.6 Å². The van der Waals surface area contributed by atoms with E-state index in [1.165, 1.54) is 0 Å². The third-order valence-corrected chi connectivity index (χ3v) is 1.64. The highest BCUT2D eigenvalue weighted by Gasteiger charge is 2.27. The maximum atomic E-state index is 10.4. The largest absolute Gasteiger partial charge is 0.447 e. The zero-order chi connectivity index (χ0) is 7.56. The topological polar surface area (TPSA) is 58.6 Å². The molecule has 1 unspecified atom stereocenters. The first kappa shape index (κ1) is 7.63. The SMILES string of the molecule is O=C1N[C@H](C(O)CCl)CO1. The number of hydrogen-bond acceptors (Lipinski definition) is 3. The third kappa shape index (κ3) is 1.52. The van der Waals surface area contributed by atoms with E-state index in [1.807, 2.05) is 0 Å². The number of alkyl carbamates (subject to hydrolysis) is 1. The molecule has 0 aliphatic carbocycles. The van der Waals surface area contributed by atoms with Crippen molar-refractivity contribution in [1.82, 2.24) is 5.32 Å². The predicted octanol–water partition coefficient (Wildman–Crippen LogP) is -0.306. The van der Waals surface area contributed by atoms with Gasteiger partial charge in [-0.25, -0.2) is 4.79 Å². The lowest BCUT2D eigenvalue weighted by Crippen LogP contribution is -2.38. The van der Waals surface area contributed by atoms with Crippen LogP contribution in [0.1, 0.15) is 0 Å².